The number of hydrogen-bond donors (Lipinski definition) is 2. The fraction of sp³-hybridized carbons (Fsp3) is 0.226. The van der Waals surface area contributed by atoms with Gasteiger partial charge >= 0.3 is 0 Å². The van der Waals surface area contributed by atoms with E-state index in [0.29, 0.717) is 29.5 Å². The molecule has 7 nitrogen and oxygen atoms in total. The lowest BCUT2D eigenvalue weighted by molar-refractivity contribution is -0.120. The van der Waals surface area contributed by atoms with E-state index in [2.05, 4.69) is 4.98 Å². The summed E-state index contributed by atoms with van der Waals surface area (Å²) in [5, 5.41) is 10.5. The number of hydrogen-bond acceptors (Lipinski definition) is 5. The third kappa shape index (κ3) is 6.62. The minimum absolute atomic E-state index is 0.174. The summed E-state index contributed by atoms with van der Waals surface area (Å²) in [6.45, 7) is 3.78. The summed E-state index contributed by atoms with van der Waals surface area (Å²) in [6.07, 6.45) is 3.69. The van der Waals surface area contributed by atoms with Crippen molar-refractivity contribution in [3.8, 4) is 11.5 Å². The molecule has 1 aliphatic rings. The molecule has 0 fully saturated rings. The van der Waals surface area contributed by atoms with E-state index in [9.17, 15) is 4.79 Å². The van der Waals surface area contributed by atoms with Crippen molar-refractivity contribution in [1.29, 1.82) is 5.41 Å². The summed E-state index contributed by atoms with van der Waals surface area (Å²) in [5.74, 6) is 1.60. The van der Waals surface area contributed by atoms with Gasteiger partial charge in [0, 0.05) is 44.3 Å². The van der Waals surface area contributed by atoms with Crippen molar-refractivity contribution in [3.63, 3.8) is 0 Å². The molecule has 6 rings (SSSR count). The van der Waals surface area contributed by atoms with Gasteiger partial charge in [0.05, 0.1) is 19.7 Å². The van der Waals surface area contributed by atoms with Gasteiger partial charge in [-0.2, -0.15) is 0 Å². The van der Waals surface area contributed by atoms with Crippen molar-refractivity contribution in [1.82, 2.24) is 14.5 Å². The van der Waals surface area contributed by atoms with E-state index in [0.717, 1.165) is 56.4 Å². The Bertz CT molecular complexity index is 1690. The second-order valence-electron chi connectivity index (χ2n) is 9.62. The Morgan fingerprint density at radius 1 is 1.05 bits per heavy atom. The van der Waals surface area contributed by atoms with Crippen molar-refractivity contribution in [2.24, 2.45) is 0 Å². The number of rotatable bonds is 7. The number of halogens is 2. The zero-order chi connectivity index (χ0) is 28.9. The van der Waals surface area contributed by atoms with Gasteiger partial charge < -0.3 is 23.9 Å². The molecular weight excluding hydrogens is 579 g/mol. The van der Waals surface area contributed by atoms with Gasteiger partial charge in [-0.05, 0) is 79.1 Å². The molecule has 0 saturated carbocycles. The number of benzene rings is 3. The normalized spacial score (nSPS) is 14.2. The van der Waals surface area contributed by atoms with Crippen molar-refractivity contribution < 1.29 is 14.3 Å². The second kappa shape index (κ2) is 12.9. The number of carbonyl (C=O) groups excluding carboxylic acids is 1. The van der Waals surface area contributed by atoms with Crippen LogP contribution in [-0.2, 0) is 17.8 Å². The average Bonchev–Trinajstić information content (AvgIpc) is 3.51. The van der Waals surface area contributed by atoms with E-state index in [1.165, 1.54) is 16.9 Å². The molecule has 2 aromatic heterocycles. The fourth-order valence-electron chi connectivity index (χ4n) is 5.01. The maximum atomic E-state index is 11.8. The Hall–Kier alpha value is -3.72. The van der Waals surface area contributed by atoms with Gasteiger partial charge in [-0.3, -0.25) is 10.2 Å². The number of thiazole rings is 1. The molecule has 41 heavy (non-hydrogen) atoms. The van der Waals surface area contributed by atoms with E-state index in [4.69, 9.17) is 38.1 Å². The zero-order valence-electron chi connectivity index (χ0n) is 22.7. The summed E-state index contributed by atoms with van der Waals surface area (Å²) in [6, 6.07) is 20.8. The summed E-state index contributed by atoms with van der Waals surface area (Å²) < 4.78 is 12.7. The van der Waals surface area contributed by atoms with Gasteiger partial charge in [-0.15, -0.1) is 11.3 Å². The zero-order valence-corrected chi connectivity index (χ0v) is 25.0. The molecule has 1 amide bonds. The van der Waals surface area contributed by atoms with E-state index >= 15 is 0 Å². The number of nitrogens with one attached hydrogen (secondary N) is 2. The van der Waals surface area contributed by atoms with Crippen LogP contribution in [0.25, 0.3) is 10.9 Å². The van der Waals surface area contributed by atoms with Crippen molar-refractivity contribution in [2.45, 2.75) is 25.9 Å². The highest BCUT2D eigenvalue weighted by atomic mass is 35.5. The van der Waals surface area contributed by atoms with E-state index in [1.54, 1.807) is 19.2 Å². The molecule has 212 valence electrons. The van der Waals surface area contributed by atoms with Gasteiger partial charge in [-0.1, -0.05) is 35.3 Å². The highest BCUT2D eigenvalue weighted by Crippen LogP contribution is 2.38. The highest BCUT2D eigenvalue weighted by Gasteiger charge is 2.31. The Balaban J connectivity index is 0.000000321. The van der Waals surface area contributed by atoms with Gasteiger partial charge in [0.25, 0.3) is 0 Å². The minimum Gasteiger partial charge on any atom is -0.497 e. The van der Waals surface area contributed by atoms with Crippen LogP contribution in [0.2, 0.25) is 10.0 Å². The first-order valence-electron chi connectivity index (χ1n) is 13.1. The monoisotopic (exact) mass is 608 g/mol. The van der Waals surface area contributed by atoms with Crippen LogP contribution in [-0.4, -0.2) is 41.1 Å². The third-order valence-corrected chi connectivity index (χ3v) is 8.31. The number of ether oxygens (including phenoxy) is 2. The minimum atomic E-state index is -0.174. The molecule has 10 heteroatoms. The fourth-order valence-corrected chi connectivity index (χ4v) is 6.06. The SMILES string of the molecule is COc1ccc(Cl)cc1.Cc1cn(CCOc2ccc(C3c4[nH]c5ccc(Cl)cc5c4CCN3C=O)cc2)c(=N)s1. The molecule has 3 heterocycles. The predicted octanol–water partition coefficient (Wildman–Crippen LogP) is 7.00. The Labute approximate surface area is 252 Å². The first-order valence-corrected chi connectivity index (χ1v) is 14.7. The van der Waals surface area contributed by atoms with Crippen molar-refractivity contribution >= 4 is 51.9 Å². The second-order valence-corrected chi connectivity index (χ2v) is 11.7. The van der Waals surface area contributed by atoms with Crippen LogP contribution in [0, 0.1) is 12.3 Å². The van der Waals surface area contributed by atoms with Gasteiger partial charge in [-0.25, -0.2) is 0 Å². The number of methoxy groups -OCH3 is 1. The number of aryl methyl sites for hydroxylation is 1. The lowest BCUT2D eigenvalue weighted by Gasteiger charge is -2.33. The molecule has 3 aromatic carbocycles. The first kappa shape index (κ1) is 28.8. The van der Waals surface area contributed by atoms with E-state index in [1.807, 2.05) is 77.2 Å². The third-order valence-electron chi connectivity index (χ3n) is 6.96. The van der Waals surface area contributed by atoms with Gasteiger partial charge in [0.1, 0.15) is 18.1 Å². The number of aromatic nitrogens is 2. The summed E-state index contributed by atoms with van der Waals surface area (Å²) in [7, 11) is 1.63. The van der Waals surface area contributed by atoms with E-state index < -0.39 is 0 Å². The number of fused-ring (bicyclic) bond motifs is 3. The van der Waals surface area contributed by atoms with Crippen molar-refractivity contribution in [2.75, 3.05) is 20.3 Å². The summed E-state index contributed by atoms with van der Waals surface area (Å²) >= 11 is 13.3. The van der Waals surface area contributed by atoms with Crippen LogP contribution in [0.1, 0.15) is 27.7 Å². The first-order chi connectivity index (χ1) is 19.9. The van der Waals surface area contributed by atoms with Gasteiger partial charge in [0.15, 0.2) is 4.80 Å². The van der Waals surface area contributed by atoms with Crippen molar-refractivity contribution in [3.05, 3.63) is 109 Å². The molecule has 5 aromatic rings. The highest BCUT2D eigenvalue weighted by molar-refractivity contribution is 7.09. The standard InChI is InChI=1S/C24H23ClN4O2S.C7H7ClO/c1-15-13-28(24(26)32-15)10-11-31-18-5-2-16(3-6-18)23-22-19(8-9-29(23)14-30)20-12-17(25)4-7-21(20)27-22;1-9-7-4-2-6(8)3-5-7/h2-7,12-14,23,26-27H,8-11H2,1H3;2-5H,1H3. The lowest BCUT2D eigenvalue weighted by atomic mass is 9.93. The van der Waals surface area contributed by atoms with Crippen LogP contribution < -0.4 is 14.3 Å². The van der Waals surface area contributed by atoms with Crippen LogP contribution in [0.4, 0.5) is 0 Å². The van der Waals surface area contributed by atoms with Crippen LogP contribution in [0.5, 0.6) is 11.5 Å². The largest absolute Gasteiger partial charge is 0.497 e. The molecular formula is C31H30Cl2N4O3S. The molecule has 0 bridgehead atoms. The van der Waals surface area contributed by atoms with Crippen LogP contribution in [0.3, 0.4) is 0 Å². The topological polar surface area (TPSA) is 83.3 Å². The Morgan fingerprint density at radius 3 is 2.41 bits per heavy atom. The molecule has 2 N–H and O–H groups in total. The number of H-pyrrole nitrogens is 1. The molecule has 0 radical (unpaired) electrons. The molecule has 1 aliphatic heterocycles. The quantitative estimate of drug-likeness (QED) is 0.195. The number of aromatic amines is 1. The van der Waals surface area contributed by atoms with Gasteiger partial charge in [0.2, 0.25) is 6.41 Å². The molecule has 0 aliphatic carbocycles. The Kier molecular flexibility index (Phi) is 9.03. The predicted molar refractivity (Wildman–Crippen MR) is 164 cm³/mol. The number of amides is 1. The van der Waals surface area contributed by atoms with Crippen LogP contribution in [0.15, 0.2) is 72.9 Å². The average molecular weight is 610 g/mol. The smallest absolute Gasteiger partial charge is 0.210 e. The molecule has 1 atom stereocenters. The maximum absolute atomic E-state index is 11.8. The molecule has 1 unspecified atom stereocenters. The Morgan fingerprint density at radius 2 is 1.76 bits per heavy atom. The summed E-state index contributed by atoms with van der Waals surface area (Å²) in [4.78, 5) is 18.8. The van der Waals surface area contributed by atoms with Crippen LogP contribution >= 0.6 is 34.5 Å². The maximum Gasteiger partial charge on any atom is 0.210 e. The number of nitrogens with zero attached hydrogens (tertiary/aromatic N) is 2. The summed E-state index contributed by atoms with van der Waals surface area (Å²) in [5.41, 5.74) is 4.33. The van der Waals surface area contributed by atoms with E-state index in [-0.39, 0.29) is 6.04 Å². The number of carbonyl (C=O) groups is 1. The molecule has 0 saturated heterocycles. The lowest BCUT2D eigenvalue weighted by Crippen LogP contribution is -2.34. The molecule has 0 spiro atoms.